The second-order valence-electron chi connectivity index (χ2n) is 9.12. The number of nitrogens with one attached hydrogen (secondary N) is 2. The minimum Gasteiger partial charge on any atom is -0.383 e. The molecule has 10 heteroatoms. The lowest BCUT2D eigenvalue weighted by Gasteiger charge is -2.24. The van der Waals surface area contributed by atoms with Crippen LogP contribution in [0.1, 0.15) is 29.3 Å². The van der Waals surface area contributed by atoms with Gasteiger partial charge < -0.3 is 24.8 Å². The Kier molecular flexibility index (Phi) is 8.58. The van der Waals surface area contributed by atoms with Gasteiger partial charge in [0.1, 0.15) is 18.4 Å². The van der Waals surface area contributed by atoms with E-state index in [-0.39, 0.29) is 47.3 Å². The van der Waals surface area contributed by atoms with E-state index in [1.165, 1.54) is 13.0 Å². The number of carbonyl (C=O) groups excluding carboxylic acids is 3. The number of ketones is 1. The Morgan fingerprint density at radius 3 is 2.70 bits per heavy atom. The molecule has 4 rings (SSSR count). The highest BCUT2D eigenvalue weighted by Gasteiger charge is 2.39. The van der Waals surface area contributed by atoms with E-state index in [0.717, 1.165) is 10.9 Å². The quantitative estimate of drug-likeness (QED) is 0.311. The molecular formula is C27H30ClFN4O4. The Hall–Kier alpha value is -3.27. The van der Waals surface area contributed by atoms with Crippen molar-refractivity contribution in [1.82, 2.24) is 20.1 Å². The number of benzene rings is 2. The summed E-state index contributed by atoms with van der Waals surface area (Å²) in [6.45, 7) is 2.84. The van der Waals surface area contributed by atoms with Crippen molar-refractivity contribution in [1.29, 1.82) is 0 Å². The van der Waals surface area contributed by atoms with Crippen molar-refractivity contribution in [2.24, 2.45) is 0 Å². The number of amides is 2. The second kappa shape index (κ2) is 11.9. The minimum atomic E-state index is -0.733. The van der Waals surface area contributed by atoms with Gasteiger partial charge in [0.05, 0.1) is 11.6 Å². The largest absolute Gasteiger partial charge is 0.383 e. The van der Waals surface area contributed by atoms with Gasteiger partial charge in [0.15, 0.2) is 5.78 Å². The van der Waals surface area contributed by atoms with Gasteiger partial charge in [-0.15, -0.1) is 0 Å². The van der Waals surface area contributed by atoms with Gasteiger partial charge in [-0.3, -0.25) is 14.4 Å². The van der Waals surface area contributed by atoms with Crippen molar-refractivity contribution in [3.63, 3.8) is 0 Å². The Labute approximate surface area is 219 Å². The number of aromatic nitrogens is 1. The zero-order valence-electron chi connectivity index (χ0n) is 20.8. The van der Waals surface area contributed by atoms with Gasteiger partial charge in [0, 0.05) is 61.0 Å². The number of fused-ring (bicyclic) bond motifs is 1. The number of rotatable bonds is 10. The number of hydrogen-bond donors (Lipinski definition) is 2. The van der Waals surface area contributed by atoms with Crippen LogP contribution in [0.2, 0.25) is 5.02 Å². The zero-order chi connectivity index (χ0) is 26.5. The predicted octanol–water partition coefficient (Wildman–Crippen LogP) is 3.16. The lowest BCUT2D eigenvalue weighted by molar-refractivity contribution is -0.138. The van der Waals surface area contributed by atoms with Gasteiger partial charge in [-0.25, -0.2) is 4.39 Å². The van der Waals surface area contributed by atoms with Crippen LogP contribution in [0.15, 0.2) is 48.7 Å². The van der Waals surface area contributed by atoms with Crippen LogP contribution >= 0.6 is 11.6 Å². The van der Waals surface area contributed by atoms with E-state index >= 15 is 0 Å². The maximum Gasteiger partial charge on any atom is 0.243 e. The van der Waals surface area contributed by atoms with Crippen LogP contribution in [-0.2, 0) is 27.4 Å². The van der Waals surface area contributed by atoms with Crippen LogP contribution in [0, 0.1) is 5.82 Å². The molecular weight excluding hydrogens is 499 g/mol. The second-order valence-corrected chi connectivity index (χ2v) is 9.52. The molecule has 0 saturated carbocycles. The molecule has 2 aromatic carbocycles. The van der Waals surface area contributed by atoms with E-state index < -0.39 is 11.9 Å². The summed E-state index contributed by atoms with van der Waals surface area (Å²) in [7, 11) is 1.61. The van der Waals surface area contributed by atoms with Gasteiger partial charge in [-0.1, -0.05) is 41.9 Å². The molecule has 1 saturated heterocycles. The number of Topliss-reactive ketones (excluding diaryl/α,β-unsaturated/α-hetero) is 1. The lowest BCUT2D eigenvalue weighted by atomic mass is 10.1. The molecule has 37 heavy (non-hydrogen) atoms. The maximum atomic E-state index is 14.3. The van der Waals surface area contributed by atoms with Crippen LogP contribution < -0.4 is 10.6 Å². The highest BCUT2D eigenvalue weighted by molar-refractivity contribution is 6.30. The molecule has 1 aliphatic rings. The first kappa shape index (κ1) is 26.8. The fourth-order valence-corrected chi connectivity index (χ4v) is 4.95. The van der Waals surface area contributed by atoms with Crippen LogP contribution in [0.3, 0.4) is 0 Å². The van der Waals surface area contributed by atoms with E-state index in [4.69, 9.17) is 16.3 Å². The average molecular weight is 529 g/mol. The molecule has 8 nitrogen and oxygen atoms in total. The van der Waals surface area contributed by atoms with Crippen molar-refractivity contribution < 1.29 is 23.5 Å². The van der Waals surface area contributed by atoms with Crippen molar-refractivity contribution in [2.45, 2.75) is 38.5 Å². The fourth-order valence-electron chi connectivity index (χ4n) is 4.75. The molecule has 2 atom stereocenters. The molecule has 0 radical (unpaired) electrons. The standard InChI is InChI=1S/C27H30ClFN4O4/c1-17(34)21-15-32(23-9-4-3-7-20(21)23)16-25(35)33-14-19(30-10-11-37-2)12-24(33)27(36)31-13-18-6-5-8-22(28)26(18)29/h3-9,15,19,24,30H,10-14,16H2,1-2H3,(H,31,36)/t19?,24-/m0/s1. The molecule has 1 fully saturated rings. The molecule has 196 valence electrons. The Morgan fingerprint density at radius 1 is 1.16 bits per heavy atom. The Bertz CT molecular complexity index is 1310. The van der Waals surface area contributed by atoms with Crippen molar-refractivity contribution in [3.8, 4) is 0 Å². The minimum absolute atomic E-state index is 0.0179. The Morgan fingerprint density at radius 2 is 1.95 bits per heavy atom. The van der Waals surface area contributed by atoms with Crippen LogP contribution in [0.25, 0.3) is 10.9 Å². The fraction of sp³-hybridized carbons (Fsp3) is 0.370. The normalized spacial score (nSPS) is 17.4. The Balaban J connectivity index is 1.52. The van der Waals surface area contributed by atoms with Crippen LogP contribution in [0.5, 0.6) is 0 Å². The number of methoxy groups -OCH3 is 1. The summed E-state index contributed by atoms with van der Waals surface area (Å²) in [6, 6.07) is 11.2. The molecule has 0 spiro atoms. The molecule has 3 aromatic rings. The number of nitrogens with zero attached hydrogens (tertiary/aromatic N) is 2. The number of hydrogen-bond acceptors (Lipinski definition) is 5. The summed E-state index contributed by atoms with van der Waals surface area (Å²) in [6.07, 6.45) is 2.09. The van der Waals surface area contributed by atoms with E-state index in [9.17, 15) is 18.8 Å². The van der Waals surface area contributed by atoms with Gasteiger partial charge in [0.25, 0.3) is 0 Å². The molecule has 2 N–H and O–H groups in total. The third-order valence-electron chi connectivity index (χ3n) is 6.62. The zero-order valence-corrected chi connectivity index (χ0v) is 21.6. The number of halogens is 2. The van der Waals surface area contributed by atoms with Gasteiger partial charge in [0.2, 0.25) is 11.8 Å². The first-order valence-corrected chi connectivity index (χ1v) is 12.5. The van der Waals surface area contributed by atoms with E-state index in [0.29, 0.717) is 31.7 Å². The molecule has 1 aromatic heterocycles. The number of para-hydroxylation sites is 1. The maximum absolute atomic E-state index is 14.3. The smallest absolute Gasteiger partial charge is 0.243 e. The average Bonchev–Trinajstić information content (AvgIpc) is 3.47. The van der Waals surface area contributed by atoms with E-state index in [2.05, 4.69) is 10.6 Å². The highest BCUT2D eigenvalue weighted by atomic mass is 35.5. The molecule has 2 amide bonds. The molecule has 1 unspecified atom stereocenters. The summed E-state index contributed by atoms with van der Waals surface area (Å²) < 4.78 is 21.1. The molecule has 0 aliphatic carbocycles. The van der Waals surface area contributed by atoms with Crippen molar-refractivity contribution in [2.75, 3.05) is 26.8 Å². The first-order chi connectivity index (χ1) is 17.8. The summed E-state index contributed by atoms with van der Waals surface area (Å²) in [5.74, 6) is -1.29. The SMILES string of the molecule is COCCNC1C[C@@H](C(=O)NCc2cccc(Cl)c2F)N(C(=O)Cn2cc(C(C)=O)c3ccccc32)C1. The van der Waals surface area contributed by atoms with E-state index in [1.807, 2.05) is 24.3 Å². The topological polar surface area (TPSA) is 92.7 Å². The van der Waals surface area contributed by atoms with Gasteiger partial charge in [-0.05, 0) is 25.5 Å². The van der Waals surface area contributed by atoms with Gasteiger partial charge >= 0.3 is 0 Å². The summed E-state index contributed by atoms with van der Waals surface area (Å²) >= 11 is 5.86. The van der Waals surface area contributed by atoms with Crippen molar-refractivity contribution >= 4 is 40.1 Å². The molecule has 1 aliphatic heterocycles. The lowest BCUT2D eigenvalue weighted by Crippen LogP contribution is -2.46. The van der Waals surface area contributed by atoms with Crippen LogP contribution in [-0.4, -0.2) is 66.0 Å². The predicted molar refractivity (Wildman–Crippen MR) is 139 cm³/mol. The van der Waals surface area contributed by atoms with E-state index in [1.54, 1.807) is 34.9 Å². The number of likely N-dealkylation sites (tertiary alicyclic amines) is 1. The van der Waals surface area contributed by atoms with Crippen molar-refractivity contribution in [3.05, 3.63) is 70.6 Å². The highest BCUT2D eigenvalue weighted by Crippen LogP contribution is 2.24. The summed E-state index contributed by atoms with van der Waals surface area (Å²) in [5, 5.41) is 6.85. The number of carbonyl (C=O) groups is 3. The summed E-state index contributed by atoms with van der Waals surface area (Å²) in [4.78, 5) is 40.4. The molecule has 0 bridgehead atoms. The summed E-state index contributed by atoms with van der Waals surface area (Å²) in [5.41, 5.74) is 1.58. The molecule has 2 heterocycles. The number of ether oxygens (including phenoxy) is 1. The monoisotopic (exact) mass is 528 g/mol. The van der Waals surface area contributed by atoms with Crippen LogP contribution in [0.4, 0.5) is 4.39 Å². The third kappa shape index (κ3) is 6.01. The first-order valence-electron chi connectivity index (χ1n) is 12.1. The third-order valence-corrected chi connectivity index (χ3v) is 6.91. The van der Waals surface area contributed by atoms with Gasteiger partial charge in [-0.2, -0.15) is 0 Å².